The van der Waals surface area contributed by atoms with E-state index in [0.29, 0.717) is 18.2 Å². The SMILES string of the molecule is NC(CC1(COCC2CCOC2)CC1)=NO. The Kier molecular flexibility index (Phi) is 3.66. The molecule has 0 aromatic rings. The fourth-order valence-electron chi connectivity index (χ4n) is 2.13. The summed E-state index contributed by atoms with van der Waals surface area (Å²) in [5.74, 6) is 0.866. The summed E-state index contributed by atoms with van der Waals surface area (Å²) in [6.45, 7) is 3.19. The van der Waals surface area contributed by atoms with Gasteiger partial charge in [0.1, 0.15) is 5.84 Å². The van der Waals surface area contributed by atoms with Crippen molar-refractivity contribution in [1.82, 2.24) is 0 Å². The van der Waals surface area contributed by atoms with Crippen molar-refractivity contribution < 1.29 is 14.7 Å². The molecular formula is C11H20N2O3. The topological polar surface area (TPSA) is 77.1 Å². The van der Waals surface area contributed by atoms with Crippen LogP contribution in [0.25, 0.3) is 0 Å². The van der Waals surface area contributed by atoms with Crippen LogP contribution in [-0.2, 0) is 9.47 Å². The van der Waals surface area contributed by atoms with Crippen LogP contribution in [0.15, 0.2) is 5.16 Å². The average molecular weight is 228 g/mol. The van der Waals surface area contributed by atoms with Crippen LogP contribution in [-0.4, -0.2) is 37.5 Å². The van der Waals surface area contributed by atoms with E-state index < -0.39 is 0 Å². The molecule has 5 nitrogen and oxygen atoms in total. The van der Waals surface area contributed by atoms with Crippen LogP contribution < -0.4 is 5.73 Å². The van der Waals surface area contributed by atoms with E-state index in [1.165, 1.54) is 0 Å². The molecule has 5 heteroatoms. The molecule has 0 aromatic carbocycles. The molecule has 3 N–H and O–H groups in total. The molecule has 92 valence electrons. The molecule has 1 aliphatic heterocycles. The summed E-state index contributed by atoms with van der Waals surface area (Å²) in [5.41, 5.74) is 5.67. The summed E-state index contributed by atoms with van der Waals surface area (Å²) in [6.07, 6.45) is 3.98. The Balaban J connectivity index is 1.65. The average Bonchev–Trinajstić information content (AvgIpc) is 2.83. The lowest BCUT2D eigenvalue weighted by Gasteiger charge is -2.16. The predicted octanol–water partition coefficient (Wildman–Crippen LogP) is 0.956. The highest BCUT2D eigenvalue weighted by Crippen LogP contribution is 2.49. The van der Waals surface area contributed by atoms with Crippen LogP contribution in [0.2, 0.25) is 0 Å². The summed E-state index contributed by atoms with van der Waals surface area (Å²) in [7, 11) is 0. The van der Waals surface area contributed by atoms with Gasteiger partial charge in [0, 0.05) is 24.4 Å². The first kappa shape index (κ1) is 11.7. The lowest BCUT2D eigenvalue weighted by molar-refractivity contribution is 0.0599. The lowest BCUT2D eigenvalue weighted by atomic mass is 10.0. The van der Waals surface area contributed by atoms with E-state index in [9.17, 15) is 0 Å². The first-order valence-corrected chi connectivity index (χ1v) is 5.86. The standard InChI is InChI=1S/C11H20N2O3/c12-10(13-14)5-11(2-3-11)8-16-7-9-1-4-15-6-9/h9,14H,1-8H2,(H2,12,13). The van der Waals surface area contributed by atoms with Crippen molar-refractivity contribution in [2.45, 2.75) is 25.7 Å². The zero-order valence-electron chi connectivity index (χ0n) is 9.52. The van der Waals surface area contributed by atoms with Crippen LogP contribution in [0.4, 0.5) is 0 Å². The summed E-state index contributed by atoms with van der Waals surface area (Å²) in [6, 6.07) is 0. The van der Waals surface area contributed by atoms with Crippen molar-refractivity contribution >= 4 is 5.84 Å². The van der Waals surface area contributed by atoms with Gasteiger partial charge in [-0.25, -0.2) is 0 Å². The van der Waals surface area contributed by atoms with Crippen LogP contribution in [0.1, 0.15) is 25.7 Å². The molecule has 0 bridgehead atoms. The Bertz CT molecular complexity index is 258. The van der Waals surface area contributed by atoms with Crippen LogP contribution in [0, 0.1) is 11.3 Å². The van der Waals surface area contributed by atoms with Crippen molar-refractivity contribution in [2.75, 3.05) is 26.4 Å². The number of nitrogens with zero attached hydrogens (tertiary/aromatic N) is 1. The van der Waals surface area contributed by atoms with E-state index in [0.717, 1.165) is 45.7 Å². The normalized spacial score (nSPS) is 28.2. The van der Waals surface area contributed by atoms with E-state index in [2.05, 4.69) is 5.16 Å². The molecule has 1 saturated heterocycles. The zero-order valence-corrected chi connectivity index (χ0v) is 9.52. The second-order valence-electron chi connectivity index (χ2n) is 5.01. The van der Waals surface area contributed by atoms with E-state index in [4.69, 9.17) is 20.4 Å². The summed E-state index contributed by atoms with van der Waals surface area (Å²) in [5, 5.41) is 11.5. The maximum Gasteiger partial charge on any atom is 0.139 e. The molecule has 0 amide bonds. The first-order valence-electron chi connectivity index (χ1n) is 5.86. The van der Waals surface area contributed by atoms with Gasteiger partial charge in [-0.15, -0.1) is 0 Å². The fraction of sp³-hybridized carbons (Fsp3) is 0.909. The second-order valence-corrected chi connectivity index (χ2v) is 5.01. The number of ether oxygens (including phenoxy) is 2. The molecule has 2 fully saturated rings. The van der Waals surface area contributed by atoms with Gasteiger partial charge < -0.3 is 20.4 Å². The molecule has 0 spiro atoms. The molecule has 1 unspecified atom stereocenters. The molecule has 1 atom stereocenters. The van der Waals surface area contributed by atoms with Crippen LogP contribution in [0.5, 0.6) is 0 Å². The van der Waals surface area contributed by atoms with Crippen LogP contribution >= 0.6 is 0 Å². The highest BCUT2D eigenvalue weighted by atomic mass is 16.5. The minimum Gasteiger partial charge on any atom is -0.409 e. The number of nitrogens with two attached hydrogens (primary N) is 1. The number of hydrogen-bond acceptors (Lipinski definition) is 4. The third-order valence-corrected chi connectivity index (χ3v) is 3.43. The zero-order chi connectivity index (χ0) is 11.4. The highest BCUT2D eigenvalue weighted by Gasteiger charge is 2.43. The van der Waals surface area contributed by atoms with Crippen LogP contribution in [0.3, 0.4) is 0 Å². The molecule has 2 aliphatic rings. The predicted molar refractivity (Wildman–Crippen MR) is 59.4 cm³/mol. The van der Waals surface area contributed by atoms with Gasteiger partial charge in [-0.3, -0.25) is 0 Å². The van der Waals surface area contributed by atoms with E-state index in [1.54, 1.807) is 0 Å². The molecule has 16 heavy (non-hydrogen) atoms. The minimum absolute atomic E-state index is 0.149. The molecule has 0 aromatic heterocycles. The second kappa shape index (κ2) is 5.01. The van der Waals surface area contributed by atoms with Gasteiger partial charge in [0.05, 0.1) is 19.8 Å². The van der Waals surface area contributed by atoms with Crippen molar-refractivity contribution in [3.8, 4) is 0 Å². The largest absolute Gasteiger partial charge is 0.409 e. The molecule has 0 radical (unpaired) electrons. The number of hydrogen-bond donors (Lipinski definition) is 2. The summed E-state index contributed by atoms with van der Waals surface area (Å²) in [4.78, 5) is 0. The number of amidine groups is 1. The maximum absolute atomic E-state index is 8.53. The van der Waals surface area contributed by atoms with Gasteiger partial charge in [0.2, 0.25) is 0 Å². The third kappa shape index (κ3) is 3.09. The van der Waals surface area contributed by atoms with E-state index in [1.807, 2.05) is 0 Å². The maximum atomic E-state index is 8.53. The minimum atomic E-state index is 0.149. The summed E-state index contributed by atoms with van der Waals surface area (Å²) < 4.78 is 11.0. The van der Waals surface area contributed by atoms with Gasteiger partial charge in [-0.2, -0.15) is 0 Å². The summed E-state index contributed by atoms with van der Waals surface area (Å²) >= 11 is 0. The van der Waals surface area contributed by atoms with Gasteiger partial charge in [-0.05, 0) is 19.3 Å². The molecule has 2 rings (SSSR count). The Morgan fingerprint density at radius 1 is 1.56 bits per heavy atom. The molecular weight excluding hydrogens is 208 g/mol. The highest BCUT2D eigenvalue weighted by molar-refractivity contribution is 5.80. The number of rotatable bonds is 6. The Morgan fingerprint density at radius 2 is 2.38 bits per heavy atom. The smallest absolute Gasteiger partial charge is 0.139 e. The van der Waals surface area contributed by atoms with Gasteiger partial charge in [0.15, 0.2) is 0 Å². The quantitative estimate of drug-likeness (QED) is 0.307. The molecule has 1 heterocycles. The van der Waals surface area contributed by atoms with Gasteiger partial charge in [0.25, 0.3) is 0 Å². The Hall–Kier alpha value is -0.810. The molecule has 1 aliphatic carbocycles. The van der Waals surface area contributed by atoms with E-state index in [-0.39, 0.29) is 5.41 Å². The van der Waals surface area contributed by atoms with Crippen molar-refractivity contribution in [3.05, 3.63) is 0 Å². The monoisotopic (exact) mass is 228 g/mol. The van der Waals surface area contributed by atoms with Crippen molar-refractivity contribution in [3.63, 3.8) is 0 Å². The van der Waals surface area contributed by atoms with Gasteiger partial charge in [-0.1, -0.05) is 5.16 Å². The fourth-order valence-corrected chi connectivity index (χ4v) is 2.13. The van der Waals surface area contributed by atoms with Crippen molar-refractivity contribution in [1.29, 1.82) is 0 Å². The van der Waals surface area contributed by atoms with Crippen molar-refractivity contribution in [2.24, 2.45) is 22.2 Å². The first-order chi connectivity index (χ1) is 7.74. The van der Waals surface area contributed by atoms with Gasteiger partial charge >= 0.3 is 0 Å². The lowest BCUT2D eigenvalue weighted by Crippen LogP contribution is -2.23. The Morgan fingerprint density at radius 3 is 2.94 bits per heavy atom. The molecule has 1 saturated carbocycles. The Labute approximate surface area is 95.6 Å². The van der Waals surface area contributed by atoms with E-state index >= 15 is 0 Å². The number of oxime groups is 1. The third-order valence-electron chi connectivity index (χ3n) is 3.43.